The normalized spacial score (nSPS) is 12.2. The van der Waals surface area contributed by atoms with E-state index < -0.39 is 0 Å². The molecule has 5 heteroatoms. The molecule has 1 atom stereocenters. The molecule has 0 aliphatic rings. The summed E-state index contributed by atoms with van der Waals surface area (Å²) in [5.74, 6) is 1.13. The highest BCUT2D eigenvalue weighted by molar-refractivity contribution is 7.10. The number of phenols is 1. The Hall–Kier alpha value is -2.92. The number of aromatic nitrogens is 2. The Morgan fingerprint density at radius 2 is 2.04 bits per heavy atom. The molecule has 4 rings (SSSR count). The van der Waals surface area contributed by atoms with Crippen LogP contribution in [0.25, 0.3) is 10.9 Å². The number of hydrogen-bond acceptors (Lipinski definition) is 4. The van der Waals surface area contributed by atoms with Crippen LogP contribution in [0.4, 0.5) is 5.82 Å². The Balaban J connectivity index is 1.86. The number of hydrogen-bond donors (Lipinski definition) is 2. The summed E-state index contributed by atoms with van der Waals surface area (Å²) in [6.07, 6.45) is 3.62. The van der Waals surface area contributed by atoms with Crippen LogP contribution in [0.1, 0.15) is 27.6 Å². The van der Waals surface area contributed by atoms with Gasteiger partial charge in [-0.25, -0.2) is 4.98 Å². The Morgan fingerprint density at radius 3 is 2.81 bits per heavy atom. The van der Waals surface area contributed by atoms with E-state index >= 15 is 0 Å². The lowest BCUT2D eigenvalue weighted by molar-refractivity contribution is -0.361. The van der Waals surface area contributed by atoms with Crippen LogP contribution < -0.4 is 10.3 Å². The molecular formula is C21H20N3OS+. The van der Waals surface area contributed by atoms with Crippen LogP contribution in [0.3, 0.4) is 0 Å². The second-order valence-electron chi connectivity index (χ2n) is 6.40. The first-order chi connectivity index (χ1) is 12.6. The van der Waals surface area contributed by atoms with E-state index in [-0.39, 0.29) is 11.8 Å². The van der Waals surface area contributed by atoms with Gasteiger partial charge in [-0.1, -0.05) is 12.1 Å². The summed E-state index contributed by atoms with van der Waals surface area (Å²) in [5.41, 5.74) is 3.80. The zero-order valence-electron chi connectivity index (χ0n) is 14.7. The van der Waals surface area contributed by atoms with Crippen molar-refractivity contribution in [3.05, 3.63) is 81.8 Å². The second kappa shape index (κ2) is 6.77. The number of H-pyrrole nitrogens is 1. The Morgan fingerprint density at radius 1 is 1.15 bits per heavy atom. The molecule has 130 valence electrons. The smallest absolute Gasteiger partial charge is 0.273 e. The Labute approximate surface area is 156 Å². The zero-order valence-corrected chi connectivity index (χ0v) is 15.5. The molecule has 0 fully saturated rings. The van der Waals surface area contributed by atoms with Crippen LogP contribution in [0.5, 0.6) is 5.75 Å². The summed E-state index contributed by atoms with van der Waals surface area (Å²) in [7, 11) is 0. The summed E-state index contributed by atoms with van der Waals surface area (Å²) in [6.45, 7) is 4.15. The number of aryl methyl sites for hydroxylation is 2. The van der Waals surface area contributed by atoms with Gasteiger partial charge in [0.1, 0.15) is 11.3 Å². The predicted octanol–water partition coefficient (Wildman–Crippen LogP) is 4.63. The first-order valence-corrected chi connectivity index (χ1v) is 9.37. The van der Waals surface area contributed by atoms with Gasteiger partial charge >= 0.3 is 0 Å². The van der Waals surface area contributed by atoms with Crippen molar-refractivity contribution >= 4 is 28.1 Å². The highest BCUT2D eigenvalue weighted by Gasteiger charge is 2.26. The number of fused-ring (bicyclic) bond motifs is 1. The summed E-state index contributed by atoms with van der Waals surface area (Å²) in [6, 6.07) is 13.8. The van der Waals surface area contributed by atoms with Crippen molar-refractivity contribution in [2.24, 2.45) is 0 Å². The molecule has 0 saturated carbocycles. The third kappa shape index (κ3) is 3.02. The number of aromatic amines is 1. The van der Waals surface area contributed by atoms with E-state index in [2.05, 4.69) is 46.6 Å². The van der Waals surface area contributed by atoms with Gasteiger partial charge in [0.05, 0.1) is 11.1 Å². The minimum atomic E-state index is -0.167. The molecule has 1 aromatic carbocycles. The number of pyridine rings is 2. The fourth-order valence-corrected chi connectivity index (χ4v) is 4.16. The molecular weight excluding hydrogens is 342 g/mol. The van der Waals surface area contributed by atoms with Crippen molar-refractivity contribution in [3.8, 4) is 5.75 Å². The van der Waals surface area contributed by atoms with Crippen LogP contribution in [0.2, 0.25) is 0 Å². The van der Waals surface area contributed by atoms with Gasteiger partial charge in [0.2, 0.25) is 0 Å². The number of aromatic hydroxyl groups is 1. The molecule has 0 radical (unpaired) electrons. The minimum Gasteiger partial charge on any atom is -0.505 e. The molecule has 0 bridgehead atoms. The average Bonchev–Trinajstić information content (AvgIpc) is 3.07. The predicted molar refractivity (Wildman–Crippen MR) is 106 cm³/mol. The first-order valence-electron chi connectivity index (χ1n) is 8.49. The second-order valence-corrected chi connectivity index (χ2v) is 7.35. The maximum Gasteiger partial charge on any atom is 0.273 e. The van der Waals surface area contributed by atoms with Crippen molar-refractivity contribution in [1.29, 1.82) is 0 Å². The van der Waals surface area contributed by atoms with Gasteiger partial charge in [-0.15, -0.1) is 11.3 Å². The van der Waals surface area contributed by atoms with E-state index in [1.807, 2.05) is 36.5 Å². The Bertz CT molecular complexity index is 1070. The van der Waals surface area contributed by atoms with Crippen LogP contribution in [0, 0.1) is 13.8 Å². The number of nitrogens with one attached hydrogen (secondary N) is 2. The molecule has 0 aliphatic heterocycles. The van der Waals surface area contributed by atoms with Crippen LogP contribution in [-0.4, -0.2) is 10.1 Å². The molecule has 4 aromatic rings. The fraction of sp³-hybridized carbons (Fsp3) is 0.143. The molecule has 0 saturated heterocycles. The van der Waals surface area contributed by atoms with Crippen molar-refractivity contribution in [1.82, 2.24) is 4.98 Å². The number of benzene rings is 1. The van der Waals surface area contributed by atoms with Crippen molar-refractivity contribution in [3.63, 3.8) is 0 Å². The van der Waals surface area contributed by atoms with Crippen molar-refractivity contribution in [2.75, 3.05) is 5.32 Å². The lowest BCUT2D eigenvalue weighted by Crippen LogP contribution is -2.19. The van der Waals surface area contributed by atoms with Crippen molar-refractivity contribution < 1.29 is 10.1 Å². The third-order valence-electron chi connectivity index (χ3n) is 4.51. The lowest BCUT2D eigenvalue weighted by Gasteiger charge is -2.17. The van der Waals surface area contributed by atoms with Crippen LogP contribution in [-0.2, 0) is 0 Å². The van der Waals surface area contributed by atoms with Crippen LogP contribution in [0.15, 0.2) is 60.2 Å². The van der Waals surface area contributed by atoms with Gasteiger partial charge in [-0.3, -0.25) is 10.3 Å². The minimum absolute atomic E-state index is 0.167. The molecule has 0 amide bonds. The molecule has 3 N–H and O–H groups in total. The summed E-state index contributed by atoms with van der Waals surface area (Å²) >= 11 is 1.68. The van der Waals surface area contributed by atoms with E-state index in [0.717, 1.165) is 22.3 Å². The summed E-state index contributed by atoms with van der Waals surface area (Å²) < 4.78 is 0. The van der Waals surface area contributed by atoms with E-state index in [9.17, 15) is 5.11 Å². The highest BCUT2D eigenvalue weighted by atomic mass is 32.1. The quantitative estimate of drug-likeness (QED) is 0.556. The number of thiophene rings is 1. The molecule has 3 heterocycles. The zero-order chi connectivity index (χ0) is 18.1. The summed E-state index contributed by atoms with van der Waals surface area (Å²) in [5, 5.41) is 17.5. The maximum absolute atomic E-state index is 10.9. The fourth-order valence-electron chi connectivity index (χ4n) is 3.16. The molecule has 0 spiro atoms. The lowest BCUT2D eigenvalue weighted by atomic mass is 9.99. The maximum atomic E-state index is 10.9. The number of anilines is 1. The average molecular weight is 362 g/mol. The van der Waals surface area contributed by atoms with E-state index in [0.29, 0.717) is 5.52 Å². The molecule has 3 aromatic heterocycles. The Kier molecular flexibility index (Phi) is 4.31. The van der Waals surface area contributed by atoms with Crippen molar-refractivity contribution in [2.45, 2.75) is 19.9 Å². The number of phenolic OH excluding ortho intramolecular Hbond substituents is 1. The van der Waals surface area contributed by atoms with E-state index in [4.69, 9.17) is 0 Å². The molecule has 0 aliphatic carbocycles. The monoisotopic (exact) mass is 362 g/mol. The number of nitrogens with zero attached hydrogens (tertiary/aromatic N) is 1. The highest BCUT2D eigenvalue weighted by Crippen LogP contribution is 2.38. The molecule has 4 nitrogen and oxygen atoms in total. The van der Waals surface area contributed by atoms with Gasteiger partial charge < -0.3 is 5.11 Å². The SMILES string of the molecule is Cc1cc[nH+]c(N[C@H](c2ccc3cccnc3c2O)c2sccc2C)c1. The van der Waals surface area contributed by atoms with Gasteiger partial charge in [-0.2, -0.15) is 0 Å². The topological polar surface area (TPSA) is 59.3 Å². The van der Waals surface area contributed by atoms with Gasteiger partial charge in [0, 0.05) is 23.2 Å². The summed E-state index contributed by atoms with van der Waals surface area (Å²) in [4.78, 5) is 8.78. The number of rotatable bonds is 4. The standard InChI is InChI=1S/C21H19N3OS/c1-13-7-10-22-17(12-13)24-19(21-14(2)8-11-26-21)16-6-5-15-4-3-9-23-18(15)20(16)25/h3-12,19,25H,1-2H3,(H,22,24)/p+1/t19-/m1/s1. The molecule has 0 unspecified atom stereocenters. The first kappa shape index (κ1) is 16.5. The van der Waals surface area contributed by atoms with Gasteiger partial charge in [0.15, 0.2) is 6.04 Å². The van der Waals surface area contributed by atoms with Crippen LogP contribution >= 0.6 is 11.3 Å². The largest absolute Gasteiger partial charge is 0.505 e. The van der Waals surface area contributed by atoms with Gasteiger partial charge in [-0.05, 0) is 54.6 Å². The molecule has 26 heavy (non-hydrogen) atoms. The van der Waals surface area contributed by atoms with Gasteiger partial charge in [0.25, 0.3) is 5.82 Å². The van der Waals surface area contributed by atoms with E-state index in [1.54, 1.807) is 17.5 Å². The third-order valence-corrected chi connectivity index (χ3v) is 5.59. The van der Waals surface area contributed by atoms with E-state index in [1.165, 1.54) is 10.4 Å².